The lowest BCUT2D eigenvalue weighted by atomic mass is 10.1. The van der Waals surface area contributed by atoms with Crippen molar-refractivity contribution in [1.29, 1.82) is 0 Å². The monoisotopic (exact) mass is 216 g/mol. The summed E-state index contributed by atoms with van der Waals surface area (Å²) in [6.45, 7) is 0. The molecule has 0 bridgehead atoms. The van der Waals surface area contributed by atoms with Gasteiger partial charge in [0.2, 0.25) is 0 Å². The Morgan fingerprint density at radius 3 is 2.69 bits per heavy atom. The molecule has 1 heterocycles. The summed E-state index contributed by atoms with van der Waals surface area (Å²) in [5.41, 5.74) is 7.37. The number of ether oxygens (including phenoxy) is 1. The molecule has 4 heteroatoms. The SMILES string of the molecule is COc1ccc(C(=O)c2cc[nH]c2)cc1N. The van der Waals surface area contributed by atoms with Gasteiger partial charge in [-0.15, -0.1) is 0 Å². The summed E-state index contributed by atoms with van der Waals surface area (Å²) >= 11 is 0. The van der Waals surface area contributed by atoms with Crippen LogP contribution in [0.15, 0.2) is 36.7 Å². The van der Waals surface area contributed by atoms with Crippen LogP contribution >= 0.6 is 0 Å². The van der Waals surface area contributed by atoms with E-state index in [1.165, 1.54) is 0 Å². The molecular formula is C12H12N2O2. The number of rotatable bonds is 3. The van der Waals surface area contributed by atoms with Crippen molar-refractivity contribution < 1.29 is 9.53 Å². The lowest BCUT2D eigenvalue weighted by molar-refractivity contribution is 0.103. The first-order valence-electron chi connectivity index (χ1n) is 4.83. The number of carbonyl (C=O) groups is 1. The van der Waals surface area contributed by atoms with E-state index in [0.29, 0.717) is 22.6 Å². The van der Waals surface area contributed by atoms with Crippen LogP contribution in [0.25, 0.3) is 0 Å². The molecule has 0 saturated heterocycles. The first kappa shape index (κ1) is 10.3. The van der Waals surface area contributed by atoms with Crippen LogP contribution < -0.4 is 10.5 Å². The summed E-state index contributed by atoms with van der Waals surface area (Å²) < 4.78 is 5.03. The molecule has 0 amide bonds. The van der Waals surface area contributed by atoms with Crippen LogP contribution in [0.2, 0.25) is 0 Å². The van der Waals surface area contributed by atoms with E-state index in [-0.39, 0.29) is 5.78 Å². The summed E-state index contributed by atoms with van der Waals surface area (Å²) in [7, 11) is 1.54. The summed E-state index contributed by atoms with van der Waals surface area (Å²) in [5, 5.41) is 0. The van der Waals surface area contributed by atoms with Crippen molar-refractivity contribution in [2.75, 3.05) is 12.8 Å². The van der Waals surface area contributed by atoms with Crippen LogP contribution in [0.1, 0.15) is 15.9 Å². The molecule has 0 fully saturated rings. The van der Waals surface area contributed by atoms with Crippen LogP contribution in [0, 0.1) is 0 Å². The van der Waals surface area contributed by atoms with E-state index in [0.717, 1.165) is 0 Å². The summed E-state index contributed by atoms with van der Waals surface area (Å²) in [4.78, 5) is 14.8. The number of H-pyrrole nitrogens is 1. The van der Waals surface area contributed by atoms with E-state index < -0.39 is 0 Å². The Kier molecular flexibility index (Phi) is 2.64. The van der Waals surface area contributed by atoms with Gasteiger partial charge in [-0.2, -0.15) is 0 Å². The molecule has 0 aliphatic rings. The summed E-state index contributed by atoms with van der Waals surface area (Å²) in [5.74, 6) is 0.515. The van der Waals surface area contributed by atoms with Gasteiger partial charge in [0, 0.05) is 23.5 Å². The Hall–Kier alpha value is -2.23. The van der Waals surface area contributed by atoms with Crippen molar-refractivity contribution in [3.8, 4) is 5.75 Å². The zero-order valence-corrected chi connectivity index (χ0v) is 8.86. The molecule has 1 aromatic heterocycles. The van der Waals surface area contributed by atoms with Gasteiger partial charge in [-0.3, -0.25) is 4.79 Å². The zero-order chi connectivity index (χ0) is 11.5. The number of nitrogens with two attached hydrogens (primary N) is 1. The Morgan fingerprint density at radius 2 is 2.12 bits per heavy atom. The number of ketones is 1. The Balaban J connectivity index is 2.35. The number of hydrogen-bond acceptors (Lipinski definition) is 3. The minimum Gasteiger partial charge on any atom is -0.495 e. The fourth-order valence-corrected chi connectivity index (χ4v) is 1.51. The lowest BCUT2D eigenvalue weighted by Gasteiger charge is -2.05. The van der Waals surface area contributed by atoms with Gasteiger partial charge in [0.25, 0.3) is 0 Å². The fraction of sp³-hybridized carbons (Fsp3) is 0.0833. The quantitative estimate of drug-likeness (QED) is 0.607. The van der Waals surface area contributed by atoms with Crippen molar-refractivity contribution in [2.24, 2.45) is 0 Å². The maximum atomic E-state index is 11.9. The number of anilines is 1. The zero-order valence-electron chi connectivity index (χ0n) is 8.86. The highest BCUT2D eigenvalue weighted by Gasteiger charge is 2.10. The highest BCUT2D eigenvalue weighted by atomic mass is 16.5. The van der Waals surface area contributed by atoms with Gasteiger partial charge in [0.1, 0.15) is 5.75 Å². The Labute approximate surface area is 93.0 Å². The standard InChI is InChI=1S/C12H12N2O2/c1-16-11-3-2-8(6-10(11)13)12(15)9-4-5-14-7-9/h2-7,14H,13H2,1H3. The van der Waals surface area contributed by atoms with Gasteiger partial charge in [-0.05, 0) is 24.3 Å². The van der Waals surface area contributed by atoms with E-state index in [1.54, 1.807) is 43.8 Å². The van der Waals surface area contributed by atoms with Crippen LogP contribution in [0.5, 0.6) is 5.75 Å². The van der Waals surface area contributed by atoms with Crippen molar-refractivity contribution in [3.63, 3.8) is 0 Å². The first-order valence-corrected chi connectivity index (χ1v) is 4.83. The van der Waals surface area contributed by atoms with E-state index in [2.05, 4.69) is 4.98 Å². The third-order valence-corrected chi connectivity index (χ3v) is 2.35. The number of hydrogen-bond donors (Lipinski definition) is 2. The molecule has 0 atom stereocenters. The normalized spacial score (nSPS) is 10.1. The average molecular weight is 216 g/mol. The molecule has 1 aromatic carbocycles. The van der Waals surface area contributed by atoms with Gasteiger partial charge in [0.05, 0.1) is 12.8 Å². The number of nitrogens with one attached hydrogen (secondary N) is 1. The topological polar surface area (TPSA) is 68.1 Å². The number of methoxy groups -OCH3 is 1. The summed E-state index contributed by atoms with van der Waals surface area (Å²) in [6.07, 6.45) is 3.36. The van der Waals surface area contributed by atoms with Crippen LogP contribution in [0.4, 0.5) is 5.69 Å². The van der Waals surface area contributed by atoms with Crippen LogP contribution in [-0.2, 0) is 0 Å². The van der Waals surface area contributed by atoms with E-state index in [9.17, 15) is 4.79 Å². The molecule has 0 saturated carbocycles. The largest absolute Gasteiger partial charge is 0.495 e. The van der Waals surface area contributed by atoms with Gasteiger partial charge < -0.3 is 15.5 Å². The fourth-order valence-electron chi connectivity index (χ4n) is 1.51. The maximum Gasteiger partial charge on any atom is 0.194 e. The van der Waals surface area contributed by atoms with Crippen molar-refractivity contribution >= 4 is 11.5 Å². The van der Waals surface area contributed by atoms with Crippen molar-refractivity contribution in [1.82, 2.24) is 4.98 Å². The maximum absolute atomic E-state index is 11.9. The smallest absolute Gasteiger partial charge is 0.194 e. The molecular weight excluding hydrogens is 204 g/mol. The number of aromatic amines is 1. The predicted molar refractivity (Wildman–Crippen MR) is 61.6 cm³/mol. The first-order chi connectivity index (χ1) is 7.72. The van der Waals surface area contributed by atoms with E-state index in [4.69, 9.17) is 10.5 Å². The molecule has 4 nitrogen and oxygen atoms in total. The van der Waals surface area contributed by atoms with Gasteiger partial charge in [-0.1, -0.05) is 0 Å². The third kappa shape index (κ3) is 1.77. The number of benzene rings is 1. The molecule has 3 N–H and O–H groups in total. The molecule has 0 unspecified atom stereocenters. The highest BCUT2D eigenvalue weighted by Crippen LogP contribution is 2.23. The average Bonchev–Trinajstić information content (AvgIpc) is 2.81. The second-order valence-corrected chi connectivity index (χ2v) is 3.39. The van der Waals surface area contributed by atoms with Gasteiger partial charge in [-0.25, -0.2) is 0 Å². The van der Waals surface area contributed by atoms with Crippen molar-refractivity contribution in [3.05, 3.63) is 47.8 Å². The van der Waals surface area contributed by atoms with E-state index >= 15 is 0 Å². The predicted octanol–water partition coefficient (Wildman–Crippen LogP) is 1.84. The van der Waals surface area contributed by atoms with Crippen LogP contribution in [-0.4, -0.2) is 17.9 Å². The molecule has 0 radical (unpaired) electrons. The number of nitrogen functional groups attached to an aromatic ring is 1. The van der Waals surface area contributed by atoms with E-state index in [1.807, 2.05) is 0 Å². The molecule has 16 heavy (non-hydrogen) atoms. The Bertz CT molecular complexity index is 504. The highest BCUT2D eigenvalue weighted by molar-refractivity contribution is 6.09. The lowest BCUT2D eigenvalue weighted by Crippen LogP contribution is -2.01. The minimum atomic E-state index is -0.0596. The Morgan fingerprint density at radius 1 is 1.31 bits per heavy atom. The number of aromatic nitrogens is 1. The second-order valence-electron chi connectivity index (χ2n) is 3.39. The molecule has 2 rings (SSSR count). The summed E-state index contributed by atoms with van der Waals surface area (Å²) in [6, 6.07) is 6.73. The minimum absolute atomic E-state index is 0.0596. The van der Waals surface area contributed by atoms with Gasteiger partial charge >= 0.3 is 0 Å². The molecule has 82 valence electrons. The number of carbonyl (C=O) groups excluding carboxylic acids is 1. The van der Waals surface area contributed by atoms with Crippen LogP contribution in [0.3, 0.4) is 0 Å². The third-order valence-electron chi connectivity index (χ3n) is 2.35. The molecule has 0 aliphatic heterocycles. The molecule has 2 aromatic rings. The van der Waals surface area contributed by atoms with Gasteiger partial charge in [0.15, 0.2) is 5.78 Å². The molecule has 0 aliphatic carbocycles. The molecule has 0 spiro atoms. The van der Waals surface area contributed by atoms with Crippen molar-refractivity contribution in [2.45, 2.75) is 0 Å². The second kappa shape index (κ2) is 4.10.